The molecule has 9 nitrogen and oxygen atoms in total. The van der Waals surface area contributed by atoms with Crippen LogP contribution in [0, 0.1) is 11.7 Å². The third-order valence-electron chi connectivity index (χ3n) is 9.61. The van der Waals surface area contributed by atoms with Gasteiger partial charge in [0.15, 0.2) is 11.5 Å². The smallest absolute Gasteiger partial charge is 0.231 e. The molecule has 0 aliphatic carbocycles. The van der Waals surface area contributed by atoms with Crippen molar-refractivity contribution in [1.82, 2.24) is 15.1 Å². The number of nitrogens with one attached hydrogen (secondary N) is 1. The molecule has 4 aliphatic rings. The lowest BCUT2D eigenvalue weighted by atomic mass is 9.81. The van der Waals surface area contributed by atoms with Crippen molar-refractivity contribution in [1.29, 1.82) is 0 Å². The largest absolute Gasteiger partial charge is 0.493 e. The number of piperazine rings is 1. The van der Waals surface area contributed by atoms with E-state index in [1.807, 2.05) is 30.3 Å². The fourth-order valence-electron chi connectivity index (χ4n) is 6.87. The number of para-hydroxylation sites is 1. The van der Waals surface area contributed by atoms with Gasteiger partial charge in [-0.15, -0.1) is 0 Å². The predicted octanol–water partition coefficient (Wildman–Crippen LogP) is 6.18. The van der Waals surface area contributed by atoms with Crippen molar-refractivity contribution in [2.45, 2.75) is 22.1 Å². The number of rotatable bonds is 9. The van der Waals surface area contributed by atoms with Gasteiger partial charge in [-0.05, 0) is 66.9 Å². The fraction of sp³-hybridized carbons (Fsp3) is 0.375. The van der Waals surface area contributed by atoms with Crippen LogP contribution in [0.25, 0.3) is 0 Å². The first kappa shape index (κ1) is 35.3. The Morgan fingerprint density at radius 2 is 1.67 bits per heavy atom. The molecule has 2 atom stereocenters. The molecule has 4 aliphatic heterocycles. The minimum absolute atomic E-state index is 0.0898. The highest BCUT2D eigenvalue weighted by Gasteiger charge is 2.28. The number of aliphatic hydroxyl groups excluding tert-OH is 1. The van der Waals surface area contributed by atoms with Gasteiger partial charge in [0.2, 0.25) is 6.79 Å². The van der Waals surface area contributed by atoms with Crippen LogP contribution < -0.4 is 19.5 Å². The molecule has 0 amide bonds. The average Bonchev–Trinajstić information content (AvgIpc) is 3.58. The minimum atomic E-state index is -0.194. The van der Waals surface area contributed by atoms with E-state index >= 15 is 0 Å². The number of aliphatic imine (C=N–C) groups is 1. The van der Waals surface area contributed by atoms with Crippen molar-refractivity contribution < 1.29 is 28.4 Å². The second-order valence-corrected chi connectivity index (χ2v) is 14.0. The van der Waals surface area contributed by atoms with Gasteiger partial charge in [-0.25, -0.2) is 9.38 Å². The molecular formula is C40H45FN4O5S. The zero-order valence-corrected chi connectivity index (χ0v) is 29.5. The molecule has 2 fully saturated rings. The third-order valence-corrected chi connectivity index (χ3v) is 10.8. The van der Waals surface area contributed by atoms with Crippen LogP contribution in [-0.4, -0.2) is 99.8 Å². The highest BCUT2D eigenvalue weighted by Crippen LogP contribution is 2.41. The second kappa shape index (κ2) is 17.4. The molecule has 0 bridgehead atoms. The maximum atomic E-state index is 13.2. The molecule has 268 valence electrons. The van der Waals surface area contributed by atoms with Crippen molar-refractivity contribution in [3.8, 4) is 17.2 Å². The van der Waals surface area contributed by atoms with Crippen LogP contribution >= 0.6 is 11.8 Å². The first-order valence-corrected chi connectivity index (χ1v) is 18.6. The van der Waals surface area contributed by atoms with Crippen LogP contribution in [0.2, 0.25) is 0 Å². The van der Waals surface area contributed by atoms with Crippen LogP contribution in [-0.2, 0) is 4.74 Å². The highest BCUT2D eigenvalue weighted by molar-refractivity contribution is 7.99. The van der Waals surface area contributed by atoms with Gasteiger partial charge in [0.25, 0.3) is 0 Å². The molecule has 0 aromatic heterocycles. The van der Waals surface area contributed by atoms with Crippen molar-refractivity contribution >= 4 is 23.3 Å². The molecule has 51 heavy (non-hydrogen) atoms. The number of nitrogens with zero attached hydrogens (tertiary/aromatic N) is 3. The highest BCUT2D eigenvalue weighted by atomic mass is 32.2. The van der Waals surface area contributed by atoms with Crippen molar-refractivity contribution in [2.75, 3.05) is 79.0 Å². The summed E-state index contributed by atoms with van der Waals surface area (Å²) in [5.41, 5.74) is 3.45. The second-order valence-electron chi connectivity index (χ2n) is 12.9. The van der Waals surface area contributed by atoms with Gasteiger partial charge in [-0.2, -0.15) is 0 Å². The lowest BCUT2D eigenvalue weighted by Crippen LogP contribution is -2.49. The Kier molecular flexibility index (Phi) is 12.0. The van der Waals surface area contributed by atoms with Crippen LogP contribution in [0.15, 0.2) is 106 Å². The summed E-state index contributed by atoms with van der Waals surface area (Å²) in [6.07, 6.45) is 1.03. The summed E-state index contributed by atoms with van der Waals surface area (Å²) in [4.78, 5) is 12.4. The Bertz CT molecular complexity index is 1770. The summed E-state index contributed by atoms with van der Waals surface area (Å²) >= 11 is 1.80. The summed E-state index contributed by atoms with van der Waals surface area (Å²) < 4.78 is 35.3. The minimum Gasteiger partial charge on any atom is -0.493 e. The molecule has 8 rings (SSSR count). The quantitative estimate of drug-likeness (QED) is 0.198. The third kappa shape index (κ3) is 9.03. The van der Waals surface area contributed by atoms with Crippen LogP contribution in [0.4, 0.5) is 10.1 Å². The van der Waals surface area contributed by atoms with E-state index in [0.29, 0.717) is 31.7 Å². The van der Waals surface area contributed by atoms with Gasteiger partial charge in [0, 0.05) is 66.6 Å². The summed E-state index contributed by atoms with van der Waals surface area (Å²) in [7, 11) is 0. The fourth-order valence-corrected chi connectivity index (χ4v) is 7.89. The van der Waals surface area contributed by atoms with E-state index in [0.717, 1.165) is 81.0 Å². The van der Waals surface area contributed by atoms with Gasteiger partial charge in [-0.1, -0.05) is 54.2 Å². The Balaban J connectivity index is 0.000000160. The average molecular weight is 713 g/mol. The number of aliphatic hydroxyl groups is 1. The van der Waals surface area contributed by atoms with E-state index in [9.17, 15) is 4.39 Å². The Morgan fingerprint density at radius 1 is 0.882 bits per heavy atom. The molecule has 0 unspecified atom stereocenters. The molecular weight excluding hydrogens is 668 g/mol. The van der Waals surface area contributed by atoms with Crippen molar-refractivity contribution in [2.24, 2.45) is 10.9 Å². The van der Waals surface area contributed by atoms with Crippen molar-refractivity contribution in [3.05, 3.63) is 108 Å². The standard InChI is InChI=1S/C21H25N3O2S.C19H20FNO3/c25-14-16-26-15-13-23-9-11-24(12-10-23)21-17-5-1-3-7-19(17)27-20-8-4-2-6-18(20)22-21;20-15-3-1-13(2-4-15)17-7-8-21-10-14(17)11-22-16-5-6-18-19(9-16)24-12-23-18/h1-8,25H,9-16H2;1-6,9,14,17,21H,7-8,10-12H2/t;14-,17-/m.0/s1. The lowest BCUT2D eigenvalue weighted by molar-refractivity contribution is 0.0652. The van der Waals surface area contributed by atoms with Gasteiger partial charge in [-0.3, -0.25) is 4.90 Å². The zero-order chi connectivity index (χ0) is 34.8. The molecule has 2 saturated heterocycles. The van der Waals surface area contributed by atoms with E-state index in [1.54, 1.807) is 11.8 Å². The van der Waals surface area contributed by atoms with E-state index < -0.39 is 0 Å². The van der Waals surface area contributed by atoms with E-state index in [2.05, 4.69) is 63.6 Å². The molecule has 2 N–H and O–H groups in total. The number of halogens is 1. The molecule has 4 heterocycles. The lowest BCUT2D eigenvalue weighted by Gasteiger charge is -2.36. The Morgan fingerprint density at radius 3 is 2.51 bits per heavy atom. The number of benzene rings is 4. The van der Waals surface area contributed by atoms with Gasteiger partial charge >= 0.3 is 0 Å². The maximum Gasteiger partial charge on any atom is 0.231 e. The van der Waals surface area contributed by atoms with Crippen LogP contribution in [0.3, 0.4) is 0 Å². The normalized spacial score (nSPS) is 19.6. The number of hydrogen-bond donors (Lipinski definition) is 2. The molecule has 0 saturated carbocycles. The first-order valence-electron chi connectivity index (χ1n) is 17.7. The molecule has 4 aromatic carbocycles. The number of amidine groups is 1. The first-order chi connectivity index (χ1) is 25.1. The number of hydrogen-bond acceptors (Lipinski definition) is 10. The van der Waals surface area contributed by atoms with Gasteiger partial charge in [0.1, 0.15) is 17.4 Å². The van der Waals surface area contributed by atoms with Gasteiger partial charge < -0.3 is 34.3 Å². The Hall–Kier alpha value is -4.13. The molecule has 4 aromatic rings. The summed E-state index contributed by atoms with van der Waals surface area (Å²) in [5.74, 6) is 3.87. The van der Waals surface area contributed by atoms with Crippen LogP contribution in [0.5, 0.6) is 17.2 Å². The molecule has 0 radical (unpaired) electrons. The summed E-state index contributed by atoms with van der Waals surface area (Å²) in [5, 5.41) is 12.2. The number of piperidine rings is 1. The van der Waals surface area contributed by atoms with E-state index in [-0.39, 0.29) is 19.2 Å². The zero-order valence-electron chi connectivity index (χ0n) is 28.7. The SMILES string of the molecule is Fc1ccc([C@@H]2CCNC[C@H]2COc2ccc3c(c2)OCO3)cc1.OCCOCCN1CCN(C2=Nc3ccccc3Sc3ccccc32)CC1. The maximum absolute atomic E-state index is 13.2. The van der Waals surface area contributed by atoms with Crippen LogP contribution in [0.1, 0.15) is 23.5 Å². The number of ether oxygens (including phenoxy) is 4. The van der Waals surface area contributed by atoms with Crippen molar-refractivity contribution in [3.63, 3.8) is 0 Å². The molecule has 11 heteroatoms. The monoisotopic (exact) mass is 712 g/mol. The number of fused-ring (bicyclic) bond motifs is 3. The summed E-state index contributed by atoms with van der Waals surface area (Å²) in [6, 6.07) is 29.4. The molecule has 0 spiro atoms. The van der Waals surface area contributed by atoms with Gasteiger partial charge in [0.05, 0.1) is 32.1 Å². The van der Waals surface area contributed by atoms with E-state index in [4.69, 9.17) is 29.0 Å². The topological polar surface area (TPSA) is 88.0 Å². The Labute approximate surface area is 303 Å². The predicted molar refractivity (Wildman–Crippen MR) is 197 cm³/mol. The van der Waals surface area contributed by atoms with E-state index in [1.165, 1.54) is 33.1 Å². The summed E-state index contributed by atoms with van der Waals surface area (Å²) in [6.45, 7) is 8.75.